The predicted octanol–water partition coefficient (Wildman–Crippen LogP) is 2.60. The highest BCUT2D eigenvalue weighted by molar-refractivity contribution is 5.44. The van der Waals surface area contributed by atoms with E-state index in [4.69, 9.17) is 0 Å². The van der Waals surface area contributed by atoms with Crippen LogP contribution in [-0.4, -0.2) is 24.1 Å². The summed E-state index contributed by atoms with van der Waals surface area (Å²) >= 11 is 0. The smallest absolute Gasteiger partial charge is 0.224 e. The van der Waals surface area contributed by atoms with E-state index in [2.05, 4.69) is 15.3 Å². The minimum Gasteiger partial charge on any atom is -0.357 e. The van der Waals surface area contributed by atoms with Crippen LogP contribution in [0.25, 0.3) is 0 Å². The normalized spacial score (nSPS) is 10.3. The highest BCUT2D eigenvalue weighted by Crippen LogP contribution is 2.16. The zero-order valence-electron chi connectivity index (χ0n) is 11.3. The van der Waals surface area contributed by atoms with Gasteiger partial charge in [0.05, 0.1) is 0 Å². The van der Waals surface area contributed by atoms with Gasteiger partial charge in [0.25, 0.3) is 0 Å². The summed E-state index contributed by atoms with van der Waals surface area (Å²) in [4.78, 5) is 10.6. The molecule has 0 spiro atoms. The number of rotatable bonds is 4. The Hall–Kier alpha value is -2.17. The number of nitrogens with one attached hydrogen (secondary N) is 1. The van der Waals surface area contributed by atoms with Crippen molar-refractivity contribution >= 4 is 11.8 Å². The Bertz CT molecular complexity index is 571. The summed E-state index contributed by atoms with van der Waals surface area (Å²) in [6, 6.07) is 8.48. The maximum atomic E-state index is 13.1. The van der Waals surface area contributed by atoms with Crippen LogP contribution in [0, 0.1) is 12.7 Å². The quantitative estimate of drug-likeness (QED) is 0.917. The number of halogens is 1. The van der Waals surface area contributed by atoms with E-state index in [1.54, 1.807) is 13.1 Å². The lowest BCUT2D eigenvalue weighted by atomic mass is 10.2. The van der Waals surface area contributed by atoms with Gasteiger partial charge in [-0.2, -0.15) is 4.98 Å². The lowest BCUT2D eigenvalue weighted by molar-refractivity contribution is 0.625. The van der Waals surface area contributed by atoms with Gasteiger partial charge in [-0.05, 0) is 24.6 Å². The van der Waals surface area contributed by atoms with Crippen molar-refractivity contribution in [3.63, 3.8) is 0 Å². The summed E-state index contributed by atoms with van der Waals surface area (Å²) in [5.74, 6) is 1.17. The molecule has 0 amide bonds. The Kier molecular flexibility index (Phi) is 3.94. The summed E-state index contributed by atoms with van der Waals surface area (Å²) in [7, 11) is 3.71. The van der Waals surface area contributed by atoms with Crippen LogP contribution in [0.5, 0.6) is 0 Å². The Balaban J connectivity index is 2.20. The third-order valence-electron chi connectivity index (χ3n) is 2.76. The standard InChI is InChI=1S/C14H17FN4/c1-10-7-13(18-14(16-2)17-10)19(3)9-11-5-4-6-12(15)8-11/h4-8H,9H2,1-3H3,(H,16,17,18). The maximum Gasteiger partial charge on any atom is 0.224 e. The van der Waals surface area contributed by atoms with Gasteiger partial charge in [0.1, 0.15) is 11.6 Å². The van der Waals surface area contributed by atoms with Crippen LogP contribution in [0.4, 0.5) is 16.2 Å². The topological polar surface area (TPSA) is 41.1 Å². The van der Waals surface area contributed by atoms with Gasteiger partial charge in [0.2, 0.25) is 5.95 Å². The van der Waals surface area contributed by atoms with E-state index in [0.717, 1.165) is 17.1 Å². The lowest BCUT2D eigenvalue weighted by Gasteiger charge is -2.19. The van der Waals surface area contributed by atoms with Crippen LogP contribution in [-0.2, 0) is 6.54 Å². The van der Waals surface area contributed by atoms with E-state index in [1.807, 2.05) is 31.0 Å². The average Bonchev–Trinajstić information content (AvgIpc) is 2.38. The van der Waals surface area contributed by atoms with Gasteiger partial charge in [-0.1, -0.05) is 12.1 Å². The van der Waals surface area contributed by atoms with Crippen molar-refractivity contribution in [2.24, 2.45) is 0 Å². The third-order valence-corrected chi connectivity index (χ3v) is 2.76. The fourth-order valence-corrected chi connectivity index (χ4v) is 1.85. The molecule has 1 heterocycles. The van der Waals surface area contributed by atoms with Crippen LogP contribution >= 0.6 is 0 Å². The van der Waals surface area contributed by atoms with E-state index in [1.165, 1.54) is 12.1 Å². The predicted molar refractivity (Wildman–Crippen MR) is 74.8 cm³/mol. The fraction of sp³-hybridized carbons (Fsp3) is 0.286. The van der Waals surface area contributed by atoms with Crippen LogP contribution in [0.1, 0.15) is 11.3 Å². The van der Waals surface area contributed by atoms with Crippen molar-refractivity contribution in [1.29, 1.82) is 0 Å². The molecule has 0 aliphatic heterocycles. The average molecular weight is 260 g/mol. The summed E-state index contributed by atoms with van der Waals surface area (Å²) in [6.45, 7) is 2.51. The molecule has 2 rings (SSSR count). The summed E-state index contributed by atoms with van der Waals surface area (Å²) in [5.41, 5.74) is 1.80. The molecule has 19 heavy (non-hydrogen) atoms. The van der Waals surface area contributed by atoms with E-state index in [9.17, 15) is 4.39 Å². The summed E-state index contributed by atoms with van der Waals surface area (Å²) in [6.07, 6.45) is 0. The number of aryl methyl sites for hydroxylation is 1. The van der Waals surface area contributed by atoms with Crippen molar-refractivity contribution in [2.75, 3.05) is 24.3 Å². The van der Waals surface area contributed by atoms with E-state index >= 15 is 0 Å². The Labute approximate surface area is 112 Å². The van der Waals surface area contributed by atoms with Gasteiger partial charge < -0.3 is 10.2 Å². The largest absolute Gasteiger partial charge is 0.357 e. The first-order chi connectivity index (χ1) is 9.08. The van der Waals surface area contributed by atoms with E-state index < -0.39 is 0 Å². The molecular weight excluding hydrogens is 243 g/mol. The van der Waals surface area contributed by atoms with Gasteiger partial charge >= 0.3 is 0 Å². The molecule has 1 aromatic carbocycles. The van der Waals surface area contributed by atoms with Gasteiger partial charge in [0, 0.05) is 32.4 Å². The lowest BCUT2D eigenvalue weighted by Crippen LogP contribution is -2.18. The highest BCUT2D eigenvalue weighted by Gasteiger charge is 2.07. The molecule has 2 aromatic rings. The van der Waals surface area contributed by atoms with Crippen LogP contribution in [0.15, 0.2) is 30.3 Å². The van der Waals surface area contributed by atoms with Gasteiger partial charge in [-0.3, -0.25) is 0 Å². The zero-order chi connectivity index (χ0) is 13.8. The molecule has 0 saturated heterocycles. The van der Waals surface area contributed by atoms with E-state index in [0.29, 0.717) is 12.5 Å². The number of hydrogen-bond acceptors (Lipinski definition) is 4. The SMILES string of the molecule is CNc1nc(C)cc(N(C)Cc2cccc(F)c2)n1. The van der Waals surface area contributed by atoms with Crippen molar-refractivity contribution in [3.05, 3.63) is 47.4 Å². The van der Waals surface area contributed by atoms with Crippen LogP contribution < -0.4 is 10.2 Å². The van der Waals surface area contributed by atoms with Crippen molar-refractivity contribution in [3.8, 4) is 0 Å². The molecule has 0 unspecified atom stereocenters. The second-order valence-corrected chi connectivity index (χ2v) is 4.43. The van der Waals surface area contributed by atoms with Gasteiger partial charge in [0.15, 0.2) is 0 Å². The first kappa shape index (κ1) is 13.3. The second-order valence-electron chi connectivity index (χ2n) is 4.43. The molecular formula is C14H17FN4. The Morgan fingerprint density at radius 2 is 2.05 bits per heavy atom. The molecule has 5 heteroatoms. The van der Waals surface area contributed by atoms with Crippen molar-refractivity contribution in [2.45, 2.75) is 13.5 Å². The Morgan fingerprint density at radius 3 is 2.74 bits per heavy atom. The van der Waals surface area contributed by atoms with Crippen molar-refractivity contribution < 1.29 is 4.39 Å². The van der Waals surface area contributed by atoms with Crippen LogP contribution in [0.2, 0.25) is 0 Å². The van der Waals surface area contributed by atoms with Crippen LogP contribution in [0.3, 0.4) is 0 Å². The minimum absolute atomic E-state index is 0.222. The number of nitrogens with zero attached hydrogens (tertiary/aromatic N) is 3. The van der Waals surface area contributed by atoms with E-state index in [-0.39, 0.29) is 5.82 Å². The molecule has 100 valence electrons. The van der Waals surface area contributed by atoms with Crippen molar-refractivity contribution in [1.82, 2.24) is 9.97 Å². The Morgan fingerprint density at radius 1 is 1.26 bits per heavy atom. The molecule has 1 aromatic heterocycles. The number of hydrogen-bond donors (Lipinski definition) is 1. The molecule has 0 radical (unpaired) electrons. The number of anilines is 2. The molecule has 0 aliphatic rings. The second kappa shape index (κ2) is 5.65. The molecule has 1 N–H and O–H groups in total. The maximum absolute atomic E-state index is 13.1. The summed E-state index contributed by atoms with van der Waals surface area (Å²) < 4.78 is 13.1. The van der Waals surface area contributed by atoms with Gasteiger partial charge in [-0.15, -0.1) is 0 Å². The third kappa shape index (κ3) is 3.40. The molecule has 0 bridgehead atoms. The first-order valence-corrected chi connectivity index (χ1v) is 6.07. The zero-order valence-corrected chi connectivity index (χ0v) is 11.3. The molecule has 4 nitrogen and oxygen atoms in total. The first-order valence-electron chi connectivity index (χ1n) is 6.07. The molecule has 0 aliphatic carbocycles. The van der Waals surface area contributed by atoms with Gasteiger partial charge in [-0.25, -0.2) is 9.37 Å². The molecule has 0 atom stereocenters. The molecule has 0 saturated carbocycles. The monoisotopic (exact) mass is 260 g/mol. The number of aromatic nitrogens is 2. The number of benzene rings is 1. The minimum atomic E-state index is -0.222. The molecule has 0 fully saturated rings. The summed E-state index contributed by atoms with van der Waals surface area (Å²) in [5, 5.41) is 2.93. The highest BCUT2D eigenvalue weighted by atomic mass is 19.1. The fourth-order valence-electron chi connectivity index (χ4n) is 1.85.